The van der Waals surface area contributed by atoms with Crippen LogP contribution in [0, 0.1) is 75.7 Å². The molecule has 0 saturated carbocycles. The molecule has 1 unspecified atom stereocenters. The van der Waals surface area contributed by atoms with Crippen molar-refractivity contribution >= 4 is 0 Å². The summed E-state index contributed by atoms with van der Waals surface area (Å²) in [6, 6.07) is 72.0. The molecule has 6 aliphatic carbocycles. The molecule has 0 fully saturated rings. The maximum absolute atomic E-state index is 6.57. The summed E-state index contributed by atoms with van der Waals surface area (Å²) in [5.74, 6) is 17.1. The van der Waals surface area contributed by atoms with Gasteiger partial charge in [0, 0.05) is 28.6 Å². The summed E-state index contributed by atoms with van der Waals surface area (Å²) >= 11 is 0. The fourth-order valence-electron chi connectivity index (χ4n) is 22.4. The Balaban J connectivity index is 0.000000193. The first-order chi connectivity index (χ1) is 57.9. The van der Waals surface area contributed by atoms with Crippen molar-refractivity contribution < 1.29 is 9.47 Å². The molecule has 0 bridgehead atoms. The van der Waals surface area contributed by atoms with E-state index in [2.05, 4.69) is 286 Å². The second-order valence-corrected chi connectivity index (χ2v) is 35.9. The van der Waals surface area contributed by atoms with Gasteiger partial charge >= 0.3 is 0 Å². The minimum Gasteiger partial charge on any atom is -0.494 e. The summed E-state index contributed by atoms with van der Waals surface area (Å²) in [5.41, 5.74) is 38.6. The van der Waals surface area contributed by atoms with E-state index in [1.807, 2.05) is 0 Å². The highest BCUT2D eigenvalue weighted by Crippen LogP contribution is 2.69. The molecule has 118 heavy (non-hydrogen) atoms. The van der Waals surface area contributed by atoms with Crippen LogP contribution in [0.3, 0.4) is 0 Å². The van der Waals surface area contributed by atoms with Crippen LogP contribution in [0.5, 0.6) is 11.5 Å². The molecule has 0 N–H and O–H groups in total. The molecule has 10 aromatic rings. The van der Waals surface area contributed by atoms with Crippen LogP contribution in [0.25, 0.3) is 66.8 Å². The summed E-state index contributed by atoms with van der Waals surface area (Å²) in [4.78, 5) is 0. The number of ether oxygens (including phenoxy) is 2. The van der Waals surface area contributed by atoms with Gasteiger partial charge in [-0.05, 0) is 260 Å². The largest absolute Gasteiger partial charge is 0.494 e. The molecular formula is C116H128O2. The van der Waals surface area contributed by atoms with Crippen LogP contribution in [0.2, 0.25) is 0 Å². The van der Waals surface area contributed by atoms with Gasteiger partial charge < -0.3 is 9.47 Å². The zero-order valence-electron chi connectivity index (χ0n) is 73.0. The topological polar surface area (TPSA) is 18.5 Å². The molecule has 0 saturated heterocycles. The number of unbranched alkanes of at least 4 members (excludes halogenated alkanes) is 25. The molecule has 6 aliphatic rings. The lowest BCUT2D eigenvalue weighted by Gasteiger charge is -2.34. The first kappa shape index (κ1) is 83.1. The minimum absolute atomic E-state index is 0.0128. The van der Waals surface area contributed by atoms with Gasteiger partial charge in [0.15, 0.2) is 0 Å². The molecule has 2 spiro atoms. The molecule has 16 rings (SSSR count). The van der Waals surface area contributed by atoms with Crippen LogP contribution in [0.15, 0.2) is 182 Å². The zero-order valence-corrected chi connectivity index (χ0v) is 73.0. The van der Waals surface area contributed by atoms with Crippen LogP contribution in [0.4, 0.5) is 0 Å². The third-order valence-electron chi connectivity index (χ3n) is 28.0. The fraction of sp³-hybridized carbons (Fsp3) is 0.414. The second-order valence-electron chi connectivity index (χ2n) is 35.9. The van der Waals surface area contributed by atoms with Gasteiger partial charge in [0.1, 0.15) is 17.6 Å². The monoisotopic (exact) mass is 1550 g/mol. The predicted octanol–water partition coefficient (Wildman–Crippen LogP) is 31.5. The number of hydrogen-bond donors (Lipinski definition) is 0. The molecule has 0 aromatic heterocycles. The van der Waals surface area contributed by atoms with Crippen molar-refractivity contribution in [3.05, 3.63) is 271 Å². The smallest absolute Gasteiger partial charge is 0.140 e. The standard InChI is InChI=1S/C66H72O2.C50H56/c1-7-11-15-19-23-27-39-65(40-28-24-20-16-12-8-2)61-43-49(5)31-35-53(61)57-48-64-58(47-62(57)65)54-36-32-50(6)44-63(54)66(64)59-37-33-51(67-41-29-25-21-17-13-9-3)45-55(59)56-46-52(34-38-60(56)66)68-42-30-26-22-18-14-10-4;1-5-7-9-11-13-19-29-49(30-20-14-12-10-8-6-2)45-31-35(3)25-27-39(45)41-34-48-42(33-46(41)49)40-28-26-36(4)32-47(40)50(48)43-23-17-15-21-37(43)38-22-16-18-24-44(38)50/h3,31-38,43-48H,7-8,10-12,14-16,18-20,22-24,26-28,30,39-40,42H2,1-2,4-6H3;15-18,21-28,31-34H,5-14,19-20,29-30H2,1-4H3. The summed E-state index contributed by atoms with van der Waals surface area (Å²) in [7, 11) is 0. The maximum atomic E-state index is 6.57. The van der Waals surface area contributed by atoms with Crippen LogP contribution in [-0.4, -0.2) is 6.61 Å². The van der Waals surface area contributed by atoms with Crippen LogP contribution < -0.4 is 9.47 Å². The number of fused-ring (bicyclic) bond motifs is 26. The lowest BCUT2D eigenvalue weighted by atomic mass is 9.68. The van der Waals surface area contributed by atoms with E-state index >= 15 is 0 Å². The van der Waals surface area contributed by atoms with Crippen LogP contribution in [0.1, 0.15) is 342 Å². The molecule has 2 heteroatoms. The lowest BCUT2D eigenvalue weighted by Crippen LogP contribution is -2.27. The Bertz CT molecular complexity index is 5450. The summed E-state index contributed by atoms with van der Waals surface area (Å²) < 4.78 is 12.7. The number of benzene rings is 10. The third kappa shape index (κ3) is 15.8. The maximum Gasteiger partial charge on any atom is 0.140 e. The van der Waals surface area contributed by atoms with Crippen molar-refractivity contribution in [1.29, 1.82) is 0 Å². The van der Waals surface area contributed by atoms with Gasteiger partial charge in [-0.15, -0.1) is 6.42 Å². The second kappa shape index (κ2) is 38.0. The van der Waals surface area contributed by atoms with Gasteiger partial charge in [-0.2, -0.15) is 0 Å². The number of terminal acetylenes is 1. The van der Waals surface area contributed by atoms with E-state index in [0.717, 1.165) is 17.7 Å². The fourth-order valence-corrected chi connectivity index (χ4v) is 22.4. The molecule has 1 atom stereocenters. The van der Waals surface area contributed by atoms with E-state index in [4.69, 9.17) is 15.9 Å². The highest BCUT2D eigenvalue weighted by molar-refractivity contribution is 6.00. The minimum atomic E-state index is -0.533. The molecule has 604 valence electrons. The first-order valence-corrected chi connectivity index (χ1v) is 46.5. The molecule has 0 amide bonds. The Labute approximate surface area is 711 Å². The SMILES string of the molecule is C#CC#CC#CC#COc1ccc2c(c1)-c1cc(OCCCCCCCC)ccc1C21c2cc(C)ccc2-c2cc3c(cc21)-c1ccc(C)cc1C3(CCCCCCCC)CCCCCCCC.CCCCCCCCC1(CCCCCCCC)c2cc(C)ccc2-c2cc3c(cc21)-c1ccc(C)cc1C31c2ccccc2-c2ccccc21. The highest BCUT2D eigenvalue weighted by atomic mass is 16.5. The number of aryl methyl sites for hydroxylation is 4. The average molecular weight is 1550 g/mol. The molecule has 0 aliphatic heterocycles. The van der Waals surface area contributed by atoms with E-state index in [-0.39, 0.29) is 16.2 Å². The van der Waals surface area contributed by atoms with Crippen molar-refractivity contribution in [3.8, 4) is 126 Å². The van der Waals surface area contributed by atoms with Crippen LogP contribution >= 0.6 is 0 Å². The van der Waals surface area contributed by atoms with E-state index in [1.165, 1.54) is 340 Å². The van der Waals surface area contributed by atoms with Crippen molar-refractivity contribution in [2.75, 3.05) is 6.61 Å². The van der Waals surface area contributed by atoms with Crippen molar-refractivity contribution in [3.63, 3.8) is 0 Å². The highest BCUT2D eigenvalue weighted by Gasteiger charge is 2.56. The Hall–Kier alpha value is -9.96. The van der Waals surface area contributed by atoms with Gasteiger partial charge in [-0.25, -0.2) is 0 Å². The average Bonchev–Trinajstić information content (AvgIpc) is 1.50. The molecule has 0 radical (unpaired) electrons. The number of hydrogen-bond acceptors (Lipinski definition) is 2. The van der Waals surface area contributed by atoms with Gasteiger partial charge in [-0.3, -0.25) is 0 Å². The van der Waals surface area contributed by atoms with Gasteiger partial charge in [0.25, 0.3) is 0 Å². The lowest BCUT2D eigenvalue weighted by molar-refractivity contribution is 0.304. The Morgan fingerprint density at radius 1 is 0.246 bits per heavy atom. The predicted molar refractivity (Wildman–Crippen MR) is 500 cm³/mol. The van der Waals surface area contributed by atoms with Gasteiger partial charge in [-0.1, -0.05) is 377 Å². The Morgan fingerprint density at radius 2 is 0.534 bits per heavy atom. The molecule has 10 aromatic carbocycles. The Morgan fingerprint density at radius 3 is 0.949 bits per heavy atom. The normalized spacial score (nSPS) is 14.8. The zero-order chi connectivity index (χ0) is 81.6. The summed E-state index contributed by atoms with van der Waals surface area (Å²) in [6.45, 7) is 21.4. The molecule has 0 heterocycles. The van der Waals surface area contributed by atoms with Crippen LogP contribution in [-0.2, 0) is 21.7 Å². The summed E-state index contributed by atoms with van der Waals surface area (Å²) in [5, 5.41) is 0. The van der Waals surface area contributed by atoms with Crippen molar-refractivity contribution in [1.82, 2.24) is 0 Å². The van der Waals surface area contributed by atoms with Crippen molar-refractivity contribution in [2.45, 2.75) is 302 Å². The van der Waals surface area contributed by atoms with E-state index < -0.39 is 5.41 Å². The third-order valence-corrected chi connectivity index (χ3v) is 28.0. The summed E-state index contributed by atoms with van der Waals surface area (Å²) in [6.07, 6.45) is 52.2. The first-order valence-electron chi connectivity index (χ1n) is 46.5. The van der Waals surface area contributed by atoms with Crippen molar-refractivity contribution in [2.24, 2.45) is 0 Å². The van der Waals surface area contributed by atoms with E-state index in [1.54, 1.807) is 22.3 Å². The number of rotatable bonds is 37. The van der Waals surface area contributed by atoms with E-state index in [0.29, 0.717) is 12.4 Å². The van der Waals surface area contributed by atoms with Gasteiger partial charge in [0.2, 0.25) is 0 Å². The molecular weight excluding hydrogens is 1430 g/mol. The Kier molecular flexibility index (Phi) is 26.7. The van der Waals surface area contributed by atoms with E-state index in [9.17, 15) is 0 Å². The van der Waals surface area contributed by atoms with Gasteiger partial charge in [0.05, 0.1) is 17.4 Å². The molecule has 2 nitrogen and oxygen atoms in total. The quantitative estimate of drug-likeness (QED) is 0.0285.